The first-order valence-electron chi connectivity index (χ1n) is 15.0. The molecule has 1 aliphatic carbocycles. The van der Waals surface area contributed by atoms with Gasteiger partial charge in [0.2, 0.25) is 0 Å². The lowest BCUT2D eigenvalue weighted by atomic mass is 10.1. The third-order valence-corrected chi connectivity index (χ3v) is 8.65. The Kier molecular flexibility index (Phi) is 6.99. The summed E-state index contributed by atoms with van der Waals surface area (Å²) in [5, 5.41) is 17.0. The minimum absolute atomic E-state index is 0.139. The zero-order valence-electron chi connectivity index (χ0n) is 24.2. The quantitative estimate of drug-likeness (QED) is 0.213. The van der Waals surface area contributed by atoms with Crippen molar-refractivity contribution in [2.75, 3.05) is 28.6 Å². The van der Waals surface area contributed by atoms with Crippen molar-refractivity contribution in [1.29, 1.82) is 0 Å². The molecule has 0 unspecified atom stereocenters. The highest BCUT2D eigenvalue weighted by Crippen LogP contribution is 2.45. The molecule has 0 atom stereocenters. The Labute approximate surface area is 250 Å². The van der Waals surface area contributed by atoms with Gasteiger partial charge >= 0.3 is 0 Å². The van der Waals surface area contributed by atoms with Crippen molar-refractivity contribution in [3.8, 4) is 5.69 Å². The predicted molar refractivity (Wildman–Crippen MR) is 170 cm³/mol. The van der Waals surface area contributed by atoms with Gasteiger partial charge in [0, 0.05) is 66.2 Å². The molecule has 1 aliphatic heterocycles. The number of hydrogen-bond donors (Lipinski definition) is 3. The molecule has 0 bridgehead atoms. The summed E-state index contributed by atoms with van der Waals surface area (Å²) in [4.78, 5) is 28.0. The number of aliphatic hydroxyl groups excluding tert-OH is 1. The van der Waals surface area contributed by atoms with Gasteiger partial charge in [0.15, 0.2) is 0 Å². The Bertz CT molecular complexity index is 1790. The van der Waals surface area contributed by atoms with E-state index in [0.29, 0.717) is 17.2 Å². The molecule has 8 heteroatoms. The monoisotopic (exact) mass is 573 g/mol. The first kappa shape index (κ1) is 27.0. The zero-order chi connectivity index (χ0) is 29.5. The second-order valence-electron chi connectivity index (χ2n) is 11.7. The van der Waals surface area contributed by atoms with Crippen LogP contribution in [0.5, 0.6) is 0 Å². The Balaban J connectivity index is 1.09. The molecule has 218 valence electrons. The van der Waals surface area contributed by atoms with Crippen molar-refractivity contribution in [1.82, 2.24) is 9.13 Å². The van der Waals surface area contributed by atoms with Gasteiger partial charge in [-0.2, -0.15) is 0 Å². The first-order chi connectivity index (χ1) is 20.9. The number of hydrogen-bond acceptors (Lipinski definition) is 4. The maximum atomic E-state index is 13.1. The Hall–Kier alpha value is -4.82. The van der Waals surface area contributed by atoms with Crippen molar-refractivity contribution < 1.29 is 14.7 Å². The summed E-state index contributed by atoms with van der Waals surface area (Å²) in [7, 11) is 1.85. The van der Waals surface area contributed by atoms with Crippen molar-refractivity contribution in [2.24, 2.45) is 7.05 Å². The minimum Gasteiger partial charge on any atom is -0.393 e. The van der Waals surface area contributed by atoms with Gasteiger partial charge < -0.3 is 29.8 Å². The Morgan fingerprint density at radius 2 is 1.47 bits per heavy atom. The maximum Gasteiger partial charge on any atom is 0.272 e. The molecule has 2 amide bonds. The summed E-state index contributed by atoms with van der Waals surface area (Å²) in [6.07, 6.45) is 7.73. The fourth-order valence-electron chi connectivity index (χ4n) is 6.01. The molecule has 3 aromatic carbocycles. The standard InChI is InChI=1S/C35H35N5O3/c1-38-18-2-3-33(38)35(43)36-25-8-13-28(14-9-25)40-22-31(23-4-5-23)30-21-26(10-15-32(30)40)37-34(42)24-6-11-27(12-7-24)39-19-16-29(41)17-20-39/h2-3,6-15,18,21-23,29,41H,4-5,16-17,19-20H2,1H3,(H,36,43)(H,37,42). The van der Waals surface area contributed by atoms with Crippen molar-refractivity contribution >= 4 is 39.8 Å². The lowest BCUT2D eigenvalue weighted by molar-refractivity contribution is 0.101. The van der Waals surface area contributed by atoms with Gasteiger partial charge in [-0.1, -0.05) is 0 Å². The lowest BCUT2D eigenvalue weighted by Gasteiger charge is -2.31. The van der Waals surface area contributed by atoms with Crippen LogP contribution in [-0.4, -0.2) is 45.2 Å². The van der Waals surface area contributed by atoms with Crippen LogP contribution in [0, 0.1) is 0 Å². The number of carbonyl (C=O) groups excluding carboxylic acids is 2. The van der Waals surface area contributed by atoms with E-state index >= 15 is 0 Å². The lowest BCUT2D eigenvalue weighted by Crippen LogP contribution is -2.35. The number of amides is 2. The Morgan fingerprint density at radius 3 is 2.14 bits per heavy atom. The molecule has 3 N–H and O–H groups in total. The average molecular weight is 574 g/mol. The smallest absolute Gasteiger partial charge is 0.272 e. The summed E-state index contributed by atoms with van der Waals surface area (Å²) < 4.78 is 3.99. The van der Waals surface area contributed by atoms with Gasteiger partial charge in [-0.05, 0) is 116 Å². The van der Waals surface area contributed by atoms with Crippen LogP contribution in [0.15, 0.2) is 91.3 Å². The highest BCUT2D eigenvalue weighted by atomic mass is 16.3. The number of rotatable bonds is 7. The van der Waals surface area contributed by atoms with E-state index in [2.05, 4.69) is 38.4 Å². The fraction of sp³-hybridized carbons (Fsp3) is 0.257. The van der Waals surface area contributed by atoms with Crippen molar-refractivity contribution in [2.45, 2.75) is 37.7 Å². The molecule has 0 spiro atoms. The largest absolute Gasteiger partial charge is 0.393 e. The van der Waals surface area contributed by atoms with E-state index in [0.717, 1.165) is 59.6 Å². The number of fused-ring (bicyclic) bond motifs is 1. The minimum atomic E-state index is -0.212. The maximum absolute atomic E-state index is 13.1. The van der Waals surface area contributed by atoms with Gasteiger partial charge in [-0.15, -0.1) is 0 Å². The van der Waals surface area contributed by atoms with Gasteiger partial charge in [0.1, 0.15) is 5.69 Å². The first-order valence-corrected chi connectivity index (χ1v) is 15.0. The SMILES string of the molecule is Cn1cccc1C(=O)Nc1ccc(-n2cc(C3CC3)c3cc(NC(=O)c4ccc(N5CCC(O)CC5)cc4)ccc32)cc1. The number of carbonyl (C=O) groups is 2. The van der Waals surface area contributed by atoms with Crippen molar-refractivity contribution in [3.63, 3.8) is 0 Å². The van der Waals surface area contributed by atoms with Crippen LogP contribution in [0.3, 0.4) is 0 Å². The number of piperidine rings is 1. The van der Waals surface area contributed by atoms with Crippen LogP contribution in [0.2, 0.25) is 0 Å². The molecular weight excluding hydrogens is 538 g/mol. The van der Waals surface area contributed by atoms with Crippen LogP contribution in [-0.2, 0) is 7.05 Å². The fourth-order valence-corrected chi connectivity index (χ4v) is 6.01. The molecule has 2 fully saturated rings. The number of aromatic nitrogens is 2. The number of nitrogens with zero attached hydrogens (tertiary/aromatic N) is 3. The third kappa shape index (κ3) is 5.53. The van der Waals surface area contributed by atoms with E-state index in [-0.39, 0.29) is 17.9 Å². The van der Waals surface area contributed by atoms with Crippen LogP contribution < -0.4 is 15.5 Å². The number of aryl methyl sites for hydroxylation is 1. The summed E-state index contributed by atoms with van der Waals surface area (Å²) in [5.41, 5.74) is 7.18. The Morgan fingerprint density at radius 1 is 0.791 bits per heavy atom. The van der Waals surface area contributed by atoms with E-state index in [1.54, 1.807) is 10.6 Å². The zero-order valence-corrected chi connectivity index (χ0v) is 24.2. The highest BCUT2D eigenvalue weighted by Gasteiger charge is 2.28. The van der Waals surface area contributed by atoms with Crippen LogP contribution in [0.25, 0.3) is 16.6 Å². The molecule has 1 saturated carbocycles. The number of nitrogens with one attached hydrogen (secondary N) is 2. The topological polar surface area (TPSA) is 91.5 Å². The molecule has 2 aromatic heterocycles. The normalized spacial score (nSPS) is 15.5. The third-order valence-electron chi connectivity index (χ3n) is 8.65. The number of aliphatic hydroxyl groups is 1. The van der Waals surface area contributed by atoms with E-state index in [9.17, 15) is 14.7 Å². The molecule has 3 heterocycles. The van der Waals surface area contributed by atoms with Crippen LogP contribution in [0.4, 0.5) is 17.1 Å². The van der Waals surface area contributed by atoms with E-state index in [1.165, 1.54) is 18.4 Å². The molecule has 0 radical (unpaired) electrons. The number of benzene rings is 3. The van der Waals surface area contributed by atoms with Crippen LogP contribution in [0.1, 0.15) is 58.0 Å². The summed E-state index contributed by atoms with van der Waals surface area (Å²) >= 11 is 0. The van der Waals surface area contributed by atoms with Gasteiger partial charge in [-0.3, -0.25) is 9.59 Å². The number of anilines is 3. The molecule has 8 nitrogen and oxygen atoms in total. The second-order valence-corrected chi connectivity index (χ2v) is 11.7. The molecule has 43 heavy (non-hydrogen) atoms. The summed E-state index contributed by atoms with van der Waals surface area (Å²) in [6, 6.07) is 25.3. The van der Waals surface area contributed by atoms with Crippen molar-refractivity contribution in [3.05, 3.63) is 108 Å². The summed E-state index contributed by atoms with van der Waals surface area (Å²) in [6.45, 7) is 1.65. The predicted octanol–water partition coefficient (Wildman–Crippen LogP) is 6.31. The average Bonchev–Trinajstić information content (AvgIpc) is 3.66. The summed E-state index contributed by atoms with van der Waals surface area (Å²) in [5.74, 6) is 0.248. The van der Waals surface area contributed by atoms with Gasteiger partial charge in [0.25, 0.3) is 11.8 Å². The van der Waals surface area contributed by atoms with Gasteiger partial charge in [-0.25, -0.2) is 0 Å². The molecular formula is C35H35N5O3. The van der Waals surface area contributed by atoms with E-state index < -0.39 is 0 Å². The van der Waals surface area contributed by atoms with E-state index in [4.69, 9.17) is 0 Å². The molecule has 1 saturated heterocycles. The molecule has 2 aliphatic rings. The molecule has 5 aromatic rings. The molecule has 7 rings (SSSR count). The van der Waals surface area contributed by atoms with Gasteiger partial charge in [0.05, 0.1) is 11.6 Å². The highest BCUT2D eigenvalue weighted by molar-refractivity contribution is 6.06. The van der Waals surface area contributed by atoms with E-state index in [1.807, 2.05) is 73.9 Å². The second kappa shape index (κ2) is 11.1. The van der Waals surface area contributed by atoms with Crippen LogP contribution >= 0.6 is 0 Å².